The second kappa shape index (κ2) is 16.9. The third-order valence-corrected chi connectivity index (χ3v) is 16.0. The van der Waals surface area contributed by atoms with Gasteiger partial charge in [-0.15, -0.1) is 0 Å². The van der Waals surface area contributed by atoms with Crippen molar-refractivity contribution in [1.29, 1.82) is 0 Å². The van der Waals surface area contributed by atoms with E-state index in [9.17, 15) is 28.7 Å². The first kappa shape index (κ1) is 44.4. The van der Waals surface area contributed by atoms with E-state index in [1.54, 1.807) is 12.1 Å². The summed E-state index contributed by atoms with van der Waals surface area (Å²) in [6, 6.07) is 9.31. The number of phosphoric acid groups is 2. The maximum absolute atomic E-state index is 12.1. The molecule has 2 spiro atoms. The maximum atomic E-state index is 12.1. The SMILES string of the molecule is C=C1CCCCCCC2CCCC1C21OOC1(OCCOC1(c2ccc(Cl)c(OP(=O)(O)O)c2)OOC12C1CCCC2C2=C(CCCC2)C1)c1ccc(Cl)c(OP(=O)(O)O)c1. The molecule has 4 N–H and O–H groups in total. The molecule has 0 radical (unpaired) electrons. The third-order valence-electron chi connectivity index (χ3n) is 14.5. The minimum Gasteiger partial charge on any atom is -0.403 e. The summed E-state index contributed by atoms with van der Waals surface area (Å²) in [7, 11) is -10.0. The normalized spacial score (nSPS) is 35.3. The van der Waals surface area contributed by atoms with E-state index in [0.717, 1.165) is 115 Å². The molecule has 2 heterocycles. The van der Waals surface area contributed by atoms with Gasteiger partial charge in [0.2, 0.25) is 0 Å². The highest BCUT2D eigenvalue weighted by Crippen LogP contribution is 2.68. The molecule has 0 amide bonds. The Morgan fingerprint density at radius 2 is 1.13 bits per heavy atom. The van der Waals surface area contributed by atoms with Crippen molar-refractivity contribution in [2.45, 2.75) is 132 Å². The summed E-state index contributed by atoms with van der Waals surface area (Å²) in [6.45, 7) is 4.42. The highest BCUT2D eigenvalue weighted by molar-refractivity contribution is 7.47. The molecule has 9 rings (SSSR count). The molecule has 5 aliphatic carbocycles. The number of rotatable bonds is 11. The summed E-state index contributed by atoms with van der Waals surface area (Å²) in [5.41, 5.74) is 2.70. The summed E-state index contributed by atoms with van der Waals surface area (Å²) >= 11 is 12.9. The largest absolute Gasteiger partial charge is 0.524 e. The number of hydrogen-bond donors (Lipinski definition) is 4. The number of fused-ring (bicyclic) bond motifs is 1. The number of ether oxygens (including phenoxy) is 2. The minimum absolute atomic E-state index is 0.00163. The van der Waals surface area contributed by atoms with Crippen molar-refractivity contribution in [2.75, 3.05) is 13.2 Å². The molecule has 4 bridgehead atoms. The van der Waals surface area contributed by atoms with Crippen LogP contribution in [-0.2, 0) is 49.7 Å². The standard InChI is InChI=1S/C43H54Cl2O14P2/c1-27-10-4-2-3-5-12-29-13-8-16-34(27)40(29)42(58-56-40,31-18-20-36(44)38(25-31)54-60(46,47)48)52-22-23-53-43(32-19-21-37(45)39(26-32)55-61(49,50)51)41(57-59-43)30-14-9-17-35(41)33-15-7-6-11-28(33)24-30/h18-21,25-26,29-30,34-35H,1-17,22-24H2,(H2,46,47,48)(H2,49,50,51). The van der Waals surface area contributed by atoms with Crippen LogP contribution in [0.25, 0.3) is 0 Å². The maximum Gasteiger partial charge on any atom is 0.524 e. The number of allylic oxidation sites excluding steroid dienone is 1. The van der Waals surface area contributed by atoms with Crippen LogP contribution in [0.5, 0.6) is 11.5 Å². The average Bonchev–Trinajstić information content (AvgIpc) is 3.19. The van der Waals surface area contributed by atoms with Gasteiger partial charge >= 0.3 is 15.6 Å². The monoisotopic (exact) mass is 926 g/mol. The van der Waals surface area contributed by atoms with Crippen molar-refractivity contribution >= 4 is 38.8 Å². The first-order valence-electron chi connectivity index (χ1n) is 21.6. The minimum atomic E-state index is -5.01. The van der Waals surface area contributed by atoms with Crippen molar-refractivity contribution in [3.05, 3.63) is 80.9 Å². The van der Waals surface area contributed by atoms with Crippen LogP contribution in [-0.4, -0.2) is 44.0 Å². The van der Waals surface area contributed by atoms with E-state index in [-0.39, 0.29) is 58.4 Å². The van der Waals surface area contributed by atoms with Crippen LogP contribution in [0.15, 0.2) is 59.7 Å². The van der Waals surface area contributed by atoms with E-state index in [1.165, 1.54) is 35.4 Å². The van der Waals surface area contributed by atoms with Crippen molar-refractivity contribution in [1.82, 2.24) is 0 Å². The van der Waals surface area contributed by atoms with Crippen molar-refractivity contribution < 1.29 is 66.8 Å². The first-order chi connectivity index (χ1) is 29.1. The zero-order valence-electron chi connectivity index (χ0n) is 33.9. The van der Waals surface area contributed by atoms with Gasteiger partial charge < -0.3 is 18.5 Å². The van der Waals surface area contributed by atoms with Crippen LogP contribution < -0.4 is 9.05 Å². The Labute approximate surface area is 365 Å². The lowest BCUT2D eigenvalue weighted by molar-refractivity contribution is -0.649. The van der Waals surface area contributed by atoms with E-state index < -0.39 is 38.4 Å². The van der Waals surface area contributed by atoms with Crippen molar-refractivity contribution in [3.63, 3.8) is 0 Å². The summed E-state index contributed by atoms with van der Waals surface area (Å²) in [5.74, 6) is -3.83. The molecule has 7 aliphatic rings. The summed E-state index contributed by atoms with van der Waals surface area (Å²) in [4.78, 5) is 64.6. The lowest BCUT2D eigenvalue weighted by Crippen LogP contribution is -2.75. The Kier molecular flexibility index (Phi) is 12.3. The Morgan fingerprint density at radius 1 is 0.623 bits per heavy atom. The van der Waals surface area contributed by atoms with Crippen molar-refractivity contribution in [2.24, 2.45) is 23.7 Å². The van der Waals surface area contributed by atoms with E-state index in [0.29, 0.717) is 11.1 Å². The van der Waals surface area contributed by atoms with Crippen LogP contribution in [0.4, 0.5) is 0 Å². The van der Waals surface area contributed by atoms with Crippen LogP contribution >= 0.6 is 38.8 Å². The number of phosphoric ester groups is 2. The van der Waals surface area contributed by atoms with E-state index in [1.807, 2.05) is 0 Å². The molecule has 2 aromatic rings. The van der Waals surface area contributed by atoms with E-state index in [4.69, 9.17) is 61.3 Å². The Hall–Kier alpha value is -1.84. The highest BCUT2D eigenvalue weighted by atomic mass is 35.5. The molecular weight excluding hydrogens is 873 g/mol. The molecule has 2 saturated heterocycles. The summed E-state index contributed by atoms with van der Waals surface area (Å²) < 4.78 is 48.4. The van der Waals surface area contributed by atoms with Crippen LogP contribution in [0.2, 0.25) is 10.0 Å². The molecule has 18 heteroatoms. The van der Waals surface area contributed by atoms with Crippen LogP contribution in [0.3, 0.4) is 0 Å². The van der Waals surface area contributed by atoms with Gasteiger partial charge in [0.25, 0.3) is 11.6 Å². The number of halogens is 2. The second-order valence-electron chi connectivity index (χ2n) is 17.8. The molecule has 61 heavy (non-hydrogen) atoms. The predicted molar refractivity (Wildman–Crippen MR) is 222 cm³/mol. The molecule has 14 nitrogen and oxygen atoms in total. The predicted octanol–water partition coefficient (Wildman–Crippen LogP) is 10.4. The average molecular weight is 928 g/mol. The van der Waals surface area contributed by atoms with Gasteiger partial charge in [-0.3, -0.25) is 19.6 Å². The van der Waals surface area contributed by atoms with Gasteiger partial charge in [-0.25, -0.2) is 18.9 Å². The second-order valence-corrected chi connectivity index (χ2v) is 21.0. The number of hydrogen-bond acceptors (Lipinski definition) is 10. The molecule has 2 aliphatic heterocycles. The fourth-order valence-corrected chi connectivity index (χ4v) is 13.4. The summed E-state index contributed by atoms with van der Waals surface area (Å²) in [5, 5.41) is -0.0117. The van der Waals surface area contributed by atoms with Crippen molar-refractivity contribution in [3.8, 4) is 11.5 Å². The highest BCUT2D eigenvalue weighted by Gasteiger charge is 2.76. The molecule has 8 unspecified atom stereocenters. The Morgan fingerprint density at radius 3 is 1.70 bits per heavy atom. The van der Waals surface area contributed by atoms with Gasteiger partial charge in [-0.1, -0.05) is 90.7 Å². The molecule has 0 aromatic heterocycles. The summed E-state index contributed by atoms with van der Waals surface area (Å²) in [6.07, 6.45) is 16.2. The topological polar surface area (TPSA) is 189 Å². The molecule has 5 fully saturated rings. The lowest BCUT2D eigenvalue weighted by Gasteiger charge is -2.66. The fraction of sp³-hybridized carbons (Fsp3) is 0.628. The third kappa shape index (κ3) is 7.62. The molecule has 2 aromatic carbocycles. The molecule has 8 atom stereocenters. The van der Waals surface area contributed by atoms with Gasteiger partial charge in [0.1, 0.15) is 0 Å². The van der Waals surface area contributed by atoms with Gasteiger partial charge in [0, 0.05) is 28.9 Å². The first-order valence-corrected chi connectivity index (χ1v) is 25.4. The lowest BCUT2D eigenvalue weighted by atomic mass is 9.53. The zero-order valence-corrected chi connectivity index (χ0v) is 37.2. The molecular formula is C43H54Cl2O14P2. The zero-order chi connectivity index (χ0) is 42.8. The van der Waals surface area contributed by atoms with Gasteiger partial charge in [-0.05, 0) is 107 Å². The molecule has 334 valence electrons. The number of benzene rings is 2. The van der Waals surface area contributed by atoms with Gasteiger partial charge in [-0.2, -0.15) is 9.78 Å². The Bertz CT molecular complexity index is 2160. The quantitative estimate of drug-likeness (QED) is 0.0721. The smallest absolute Gasteiger partial charge is 0.403 e. The molecule has 3 saturated carbocycles. The van der Waals surface area contributed by atoms with Gasteiger partial charge in [0.05, 0.1) is 23.3 Å². The van der Waals surface area contributed by atoms with Crippen LogP contribution in [0, 0.1) is 23.7 Å². The van der Waals surface area contributed by atoms with E-state index in [2.05, 4.69) is 6.58 Å². The fourth-order valence-electron chi connectivity index (χ4n) is 12.2. The van der Waals surface area contributed by atoms with Crippen LogP contribution in [0.1, 0.15) is 120 Å². The Balaban J connectivity index is 1.10. The van der Waals surface area contributed by atoms with E-state index >= 15 is 0 Å². The van der Waals surface area contributed by atoms with Gasteiger partial charge in [0.15, 0.2) is 22.7 Å².